The monoisotopic (exact) mass is 209 g/mol. The minimum absolute atomic E-state index is 0.176. The molecule has 0 atom stereocenters. The van der Waals surface area contributed by atoms with Crippen molar-refractivity contribution in [3.63, 3.8) is 0 Å². The minimum Gasteiger partial charge on any atom is -0.353 e. The number of thiophene rings is 1. The Morgan fingerprint density at radius 2 is 2.29 bits per heavy atom. The Balaban J connectivity index is 1.78. The molecule has 0 unspecified atom stereocenters. The van der Waals surface area contributed by atoms with Crippen LogP contribution in [0.3, 0.4) is 0 Å². The van der Waals surface area contributed by atoms with E-state index in [1.165, 1.54) is 12.8 Å². The van der Waals surface area contributed by atoms with Crippen LogP contribution in [0.5, 0.6) is 0 Å². The summed E-state index contributed by atoms with van der Waals surface area (Å²) < 4.78 is 0. The number of carbonyl (C=O) groups excluding carboxylic acids is 1. The molecular formula is C11H15NOS. The van der Waals surface area contributed by atoms with Gasteiger partial charge in [-0.05, 0) is 35.2 Å². The van der Waals surface area contributed by atoms with Gasteiger partial charge in [0.15, 0.2) is 0 Å². The predicted octanol–water partition coefficient (Wildman–Crippen LogP) is 2.35. The van der Waals surface area contributed by atoms with E-state index in [2.05, 4.69) is 5.32 Å². The fourth-order valence-corrected chi connectivity index (χ4v) is 2.60. The molecule has 1 fully saturated rings. The van der Waals surface area contributed by atoms with Gasteiger partial charge in [0.1, 0.15) is 0 Å². The van der Waals surface area contributed by atoms with E-state index in [-0.39, 0.29) is 5.91 Å². The third-order valence-corrected chi connectivity index (χ3v) is 3.40. The van der Waals surface area contributed by atoms with Crippen LogP contribution in [0.4, 0.5) is 0 Å². The van der Waals surface area contributed by atoms with Crippen molar-refractivity contribution < 1.29 is 4.79 Å². The molecule has 2 rings (SSSR count). The molecule has 0 bridgehead atoms. The van der Waals surface area contributed by atoms with Crippen molar-refractivity contribution in [1.82, 2.24) is 5.32 Å². The molecule has 14 heavy (non-hydrogen) atoms. The van der Waals surface area contributed by atoms with Gasteiger partial charge in [-0.2, -0.15) is 11.3 Å². The summed E-state index contributed by atoms with van der Waals surface area (Å²) >= 11 is 1.64. The highest BCUT2D eigenvalue weighted by Gasteiger charge is 2.16. The SMILES string of the molecule is O=C(Cc1ccsc1)NC1CCCC1. The zero-order valence-corrected chi connectivity index (χ0v) is 8.98. The Bertz CT molecular complexity index is 288. The van der Waals surface area contributed by atoms with E-state index in [0.717, 1.165) is 18.4 Å². The molecule has 1 aliphatic carbocycles. The lowest BCUT2D eigenvalue weighted by molar-refractivity contribution is -0.121. The first-order chi connectivity index (χ1) is 6.84. The summed E-state index contributed by atoms with van der Waals surface area (Å²) in [5.41, 5.74) is 1.13. The van der Waals surface area contributed by atoms with E-state index in [4.69, 9.17) is 0 Å². The second-order valence-electron chi connectivity index (χ2n) is 3.86. The fourth-order valence-electron chi connectivity index (χ4n) is 1.93. The van der Waals surface area contributed by atoms with Gasteiger partial charge in [-0.3, -0.25) is 4.79 Å². The molecule has 1 N–H and O–H groups in total. The van der Waals surface area contributed by atoms with Crippen molar-refractivity contribution >= 4 is 17.2 Å². The minimum atomic E-state index is 0.176. The topological polar surface area (TPSA) is 29.1 Å². The smallest absolute Gasteiger partial charge is 0.224 e. The number of nitrogens with one attached hydrogen (secondary N) is 1. The van der Waals surface area contributed by atoms with Gasteiger partial charge in [0, 0.05) is 6.04 Å². The van der Waals surface area contributed by atoms with Crippen LogP contribution in [0, 0.1) is 0 Å². The first-order valence-electron chi connectivity index (χ1n) is 5.15. The highest BCUT2D eigenvalue weighted by molar-refractivity contribution is 7.07. The molecule has 1 aromatic rings. The number of carbonyl (C=O) groups is 1. The molecule has 1 amide bonds. The summed E-state index contributed by atoms with van der Waals surface area (Å²) in [6, 6.07) is 2.46. The first-order valence-corrected chi connectivity index (χ1v) is 6.09. The maximum atomic E-state index is 11.6. The Labute approximate surface area is 88.3 Å². The molecule has 1 aromatic heterocycles. The summed E-state index contributed by atoms with van der Waals surface area (Å²) in [6.45, 7) is 0. The van der Waals surface area contributed by atoms with Crippen LogP contribution in [0.2, 0.25) is 0 Å². The Morgan fingerprint density at radius 1 is 1.50 bits per heavy atom. The second-order valence-corrected chi connectivity index (χ2v) is 4.64. The second kappa shape index (κ2) is 4.60. The van der Waals surface area contributed by atoms with Gasteiger partial charge in [-0.1, -0.05) is 12.8 Å². The number of hydrogen-bond donors (Lipinski definition) is 1. The maximum absolute atomic E-state index is 11.6. The van der Waals surface area contributed by atoms with Crippen molar-refractivity contribution in [2.24, 2.45) is 0 Å². The van der Waals surface area contributed by atoms with E-state index < -0.39 is 0 Å². The third-order valence-electron chi connectivity index (χ3n) is 2.67. The molecule has 0 aromatic carbocycles. The normalized spacial score (nSPS) is 17.1. The molecule has 1 heterocycles. The molecule has 3 heteroatoms. The largest absolute Gasteiger partial charge is 0.353 e. The summed E-state index contributed by atoms with van der Waals surface area (Å²) in [6.07, 6.45) is 5.40. The lowest BCUT2D eigenvalue weighted by Gasteiger charge is -2.10. The van der Waals surface area contributed by atoms with Crippen LogP contribution >= 0.6 is 11.3 Å². The van der Waals surface area contributed by atoms with Gasteiger partial charge in [0.25, 0.3) is 0 Å². The zero-order valence-electron chi connectivity index (χ0n) is 8.16. The molecular weight excluding hydrogens is 194 g/mol. The van der Waals surface area contributed by atoms with E-state index in [1.807, 2.05) is 16.8 Å². The van der Waals surface area contributed by atoms with E-state index in [0.29, 0.717) is 12.5 Å². The van der Waals surface area contributed by atoms with Gasteiger partial charge in [0.2, 0.25) is 5.91 Å². The summed E-state index contributed by atoms with van der Waals surface area (Å²) in [5.74, 6) is 0.176. The van der Waals surface area contributed by atoms with E-state index in [1.54, 1.807) is 11.3 Å². The molecule has 0 spiro atoms. The van der Waals surface area contributed by atoms with Gasteiger partial charge < -0.3 is 5.32 Å². The first kappa shape index (κ1) is 9.71. The number of hydrogen-bond acceptors (Lipinski definition) is 2. The average molecular weight is 209 g/mol. The van der Waals surface area contributed by atoms with Gasteiger partial charge in [0.05, 0.1) is 6.42 Å². The van der Waals surface area contributed by atoms with Crippen molar-refractivity contribution in [1.29, 1.82) is 0 Å². The van der Waals surface area contributed by atoms with Crippen LogP contribution in [-0.2, 0) is 11.2 Å². The number of amides is 1. The average Bonchev–Trinajstić information content (AvgIpc) is 2.76. The van der Waals surface area contributed by atoms with Crippen molar-refractivity contribution in [3.05, 3.63) is 22.4 Å². The van der Waals surface area contributed by atoms with Crippen molar-refractivity contribution in [3.8, 4) is 0 Å². The van der Waals surface area contributed by atoms with Crippen LogP contribution in [0.25, 0.3) is 0 Å². The van der Waals surface area contributed by atoms with E-state index in [9.17, 15) is 4.79 Å². The van der Waals surface area contributed by atoms with Crippen molar-refractivity contribution in [2.75, 3.05) is 0 Å². The van der Waals surface area contributed by atoms with Gasteiger partial charge in [-0.25, -0.2) is 0 Å². The third kappa shape index (κ3) is 2.58. The zero-order chi connectivity index (χ0) is 9.80. The van der Waals surface area contributed by atoms with Gasteiger partial charge in [-0.15, -0.1) is 0 Å². The van der Waals surface area contributed by atoms with Crippen molar-refractivity contribution in [2.45, 2.75) is 38.1 Å². The molecule has 0 saturated heterocycles. The predicted molar refractivity (Wildman–Crippen MR) is 58.4 cm³/mol. The van der Waals surface area contributed by atoms with E-state index >= 15 is 0 Å². The molecule has 1 saturated carbocycles. The Morgan fingerprint density at radius 3 is 2.93 bits per heavy atom. The fraction of sp³-hybridized carbons (Fsp3) is 0.545. The van der Waals surface area contributed by atoms with Crippen LogP contribution in [0.15, 0.2) is 16.8 Å². The lowest BCUT2D eigenvalue weighted by Crippen LogP contribution is -2.33. The van der Waals surface area contributed by atoms with Gasteiger partial charge >= 0.3 is 0 Å². The molecule has 0 aliphatic heterocycles. The summed E-state index contributed by atoms with van der Waals surface area (Å²) in [5, 5.41) is 7.13. The van der Waals surface area contributed by atoms with Crippen LogP contribution in [-0.4, -0.2) is 11.9 Å². The Hall–Kier alpha value is -0.830. The standard InChI is InChI=1S/C11H15NOS/c13-11(7-9-5-6-14-8-9)12-10-3-1-2-4-10/h5-6,8,10H,1-4,7H2,(H,12,13). The van der Waals surface area contributed by atoms with Crippen LogP contribution in [0.1, 0.15) is 31.2 Å². The Kier molecular flexibility index (Phi) is 3.19. The van der Waals surface area contributed by atoms with Crippen LogP contribution < -0.4 is 5.32 Å². The highest BCUT2D eigenvalue weighted by Crippen LogP contribution is 2.17. The summed E-state index contributed by atoms with van der Waals surface area (Å²) in [4.78, 5) is 11.6. The molecule has 0 radical (unpaired) electrons. The molecule has 76 valence electrons. The summed E-state index contributed by atoms with van der Waals surface area (Å²) in [7, 11) is 0. The molecule has 2 nitrogen and oxygen atoms in total. The lowest BCUT2D eigenvalue weighted by atomic mass is 10.2. The molecule has 1 aliphatic rings. The highest BCUT2D eigenvalue weighted by atomic mass is 32.1. The maximum Gasteiger partial charge on any atom is 0.224 e. The quantitative estimate of drug-likeness (QED) is 0.813. The number of rotatable bonds is 3.